The highest BCUT2D eigenvalue weighted by Crippen LogP contribution is 2.15. The zero-order chi connectivity index (χ0) is 11.4. The number of hydrogen-bond donors (Lipinski definition) is 0. The average molecular weight is 277 g/mol. The van der Waals surface area contributed by atoms with Crippen LogP contribution in [0.2, 0.25) is 0 Å². The maximum absolute atomic E-state index is 11.5. The number of nitrogens with zero attached hydrogens (tertiary/aromatic N) is 2. The first-order valence-electron chi connectivity index (χ1n) is 5.13. The van der Waals surface area contributed by atoms with Crippen LogP contribution in [-0.2, 0) is 9.59 Å². The maximum Gasteiger partial charge on any atom is 0.233 e. The first-order chi connectivity index (χ1) is 7.06. The molecule has 0 aromatic heterocycles. The van der Waals surface area contributed by atoms with Gasteiger partial charge in [0.15, 0.2) is 0 Å². The molecule has 1 fully saturated rings. The van der Waals surface area contributed by atoms with E-state index in [-0.39, 0.29) is 17.9 Å². The summed E-state index contributed by atoms with van der Waals surface area (Å²) < 4.78 is 0. The number of hydrogen-bond acceptors (Lipinski definition) is 2. The fraction of sp³-hybridized carbons (Fsp3) is 0.800. The zero-order valence-corrected chi connectivity index (χ0v) is 10.8. The Morgan fingerprint density at radius 1 is 1.53 bits per heavy atom. The van der Waals surface area contributed by atoms with Crippen LogP contribution < -0.4 is 0 Å². The van der Waals surface area contributed by atoms with Crippen molar-refractivity contribution < 1.29 is 9.59 Å². The Labute approximate surface area is 98.7 Å². The minimum atomic E-state index is 0.0744. The van der Waals surface area contributed by atoms with E-state index in [1.54, 1.807) is 18.9 Å². The average Bonchev–Trinajstić information content (AvgIpc) is 2.27. The molecular weight excluding hydrogens is 260 g/mol. The molecule has 1 heterocycles. The van der Waals surface area contributed by atoms with E-state index in [4.69, 9.17) is 0 Å². The SMILES string of the molecule is CC(=O)N1CCC[C@H](N(C)C(=O)CBr)C1. The van der Waals surface area contributed by atoms with Crippen molar-refractivity contribution in [1.82, 2.24) is 9.80 Å². The van der Waals surface area contributed by atoms with Gasteiger partial charge >= 0.3 is 0 Å². The second-order valence-electron chi connectivity index (χ2n) is 3.90. The molecule has 0 aromatic rings. The van der Waals surface area contributed by atoms with Crippen molar-refractivity contribution in [3.8, 4) is 0 Å². The number of rotatable bonds is 2. The van der Waals surface area contributed by atoms with Crippen molar-refractivity contribution in [1.29, 1.82) is 0 Å². The highest BCUT2D eigenvalue weighted by Gasteiger charge is 2.26. The molecule has 1 saturated heterocycles. The van der Waals surface area contributed by atoms with Crippen molar-refractivity contribution in [2.45, 2.75) is 25.8 Å². The molecule has 0 spiro atoms. The first kappa shape index (κ1) is 12.5. The molecule has 0 saturated carbocycles. The first-order valence-corrected chi connectivity index (χ1v) is 6.25. The number of likely N-dealkylation sites (N-methyl/N-ethyl adjacent to an activating group) is 1. The quantitative estimate of drug-likeness (QED) is 0.702. The van der Waals surface area contributed by atoms with Gasteiger partial charge in [-0.2, -0.15) is 0 Å². The number of piperidine rings is 1. The zero-order valence-electron chi connectivity index (χ0n) is 9.20. The second-order valence-corrected chi connectivity index (χ2v) is 4.46. The summed E-state index contributed by atoms with van der Waals surface area (Å²) >= 11 is 3.15. The molecular formula is C10H17BrN2O2. The molecule has 4 nitrogen and oxygen atoms in total. The second kappa shape index (κ2) is 5.49. The van der Waals surface area contributed by atoms with Crippen LogP contribution >= 0.6 is 15.9 Å². The van der Waals surface area contributed by atoms with Gasteiger partial charge in [-0.25, -0.2) is 0 Å². The molecule has 1 aliphatic rings. The van der Waals surface area contributed by atoms with E-state index in [1.807, 2.05) is 4.90 Å². The molecule has 2 amide bonds. The number of halogens is 1. The lowest BCUT2D eigenvalue weighted by molar-refractivity contribution is -0.135. The van der Waals surface area contributed by atoms with Crippen molar-refractivity contribution in [2.75, 3.05) is 25.5 Å². The predicted octanol–water partition coefficient (Wildman–Crippen LogP) is 0.851. The van der Waals surface area contributed by atoms with Crippen LogP contribution in [0.1, 0.15) is 19.8 Å². The van der Waals surface area contributed by atoms with Crippen molar-refractivity contribution in [3.63, 3.8) is 0 Å². The van der Waals surface area contributed by atoms with E-state index in [0.29, 0.717) is 11.9 Å². The molecule has 1 aliphatic heterocycles. The minimum absolute atomic E-state index is 0.0744. The Kier molecular flexibility index (Phi) is 4.57. The predicted molar refractivity (Wildman–Crippen MR) is 61.8 cm³/mol. The molecule has 1 rings (SSSR count). The molecule has 1 atom stereocenters. The molecule has 86 valence electrons. The van der Waals surface area contributed by atoms with Gasteiger partial charge in [-0.1, -0.05) is 15.9 Å². The van der Waals surface area contributed by atoms with Gasteiger partial charge in [-0.05, 0) is 12.8 Å². The fourth-order valence-electron chi connectivity index (χ4n) is 1.85. The number of likely N-dealkylation sites (tertiary alicyclic amines) is 1. The molecule has 0 bridgehead atoms. The van der Waals surface area contributed by atoms with Crippen LogP contribution in [0, 0.1) is 0 Å². The highest BCUT2D eigenvalue weighted by molar-refractivity contribution is 9.09. The molecule has 0 aromatic carbocycles. The van der Waals surface area contributed by atoms with Crippen molar-refractivity contribution in [3.05, 3.63) is 0 Å². The minimum Gasteiger partial charge on any atom is -0.341 e. The largest absolute Gasteiger partial charge is 0.341 e. The van der Waals surface area contributed by atoms with Crippen molar-refractivity contribution >= 4 is 27.7 Å². The van der Waals surface area contributed by atoms with Crippen LogP contribution in [0.25, 0.3) is 0 Å². The summed E-state index contributed by atoms with van der Waals surface area (Å²) in [6, 6.07) is 0.174. The number of carbonyl (C=O) groups is 2. The van der Waals surface area contributed by atoms with Crippen molar-refractivity contribution in [2.24, 2.45) is 0 Å². The van der Waals surface area contributed by atoms with Gasteiger partial charge in [0, 0.05) is 33.1 Å². The smallest absolute Gasteiger partial charge is 0.233 e. The summed E-state index contributed by atoms with van der Waals surface area (Å²) in [4.78, 5) is 26.2. The van der Waals surface area contributed by atoms with E-state index >= 15 is 0 Å². The lowest BCUT2D eigenvalue weighted by atomic mass is 10.0. The number of carbonyl (C=O) groups excluding carboxylic acids is 2. The van der Waals surface area contributed by atoms with Gasteiger partial charge in [0.1, 0.15) is 0 Å². The number of alkyl halides is 1. The fourth-order valence-corrected chi connectivity index (χ4v) is 2.25. The molecule has 5 heteroatoms. The molecule has 0 radical (unpaired) electrons. The summed E-state index contributed by atoms with van der Waals surface area (Å²) in [7, 11) is 1.80. The Balaban J connectivity index is 2.55. The Bertz CT molecular complexity index is 258. The third-order valence-electron chi connectivity index (χ3n) is 2.90. The van der Waals surface area contributed by atoms with E-state index < -0.39 is 0 Å². The summed E-state index contributed by atoms with van der Waals surface area (Å²) in [6.07, 6.45) is 1.96. The maximum atomic E-state index is 11.5. The molecule has 0 N–H and O–H groups in total. The lowest BCUT2D eigenvalue weighted by Gasteiger charge is -2.37. The van der Waals surface area contributed by atoms with E-state index in [9.17, 15) is 9.59 Å². The van der Waals surface area contributed by atoms with Crippen LogP contribution in [0.5, 0.6) is 0 Å². The van der Waals surface area contributed by atoms with Crippen LogP contribution in [-0.4, -0.2) is 53.1 Å². The van der Waals surface area contributed by atoms with E-state index in [0.717, 1.165) is 19.4 Å². The lowest BCUT2D eigenvalue weighted by Crippen LogP contribution is -2.50. The summed E-state index contributed by atoms with van der Waals surface area (Å²) in [5, 5.41) is 0.347. The summed E-state index contributed by atoms with van der Waals surface area (Å²) in [6.45, 7) is 3.07. The summed E-state index contributed by atoms with van der Waals surface area (Å²) in [5.41, 5.74) is 0. The van der Waals surface area contributed by atoms with Gasteiger partial charge in [0.2, 0.25) is 11.8 Å². The van der Waals surface area contributed by atoms with Crippen LogP contribution in [0.4, 0.5) is 0 Å². The van der Waals surface area contributed by atoms with E-state index in [1.165, 1.54) is 0 Å². The third kappa shape index (κ3) is 3.19. The van der Waals surface area contributed by atoms with E-state index in [2.05, 4.69) is 15.9 Å². The Hall–Kier alpha value is -0.580. The third-order valence-corrected chi connectivity index (χ3v) is 3.38. The van der Waals surface area contributed by atoms with Gasteiger partial charge in [0.05, 0.1) is 5.33 Å². The topological polar surface area (TPSA) is 40.6 Å². The molecule has 0 unspecified atom stereocenters. The Morgan fingerprint density at radius 3 is 2.73 bits per heavy atom. The normalized spacial score (nSPS) is 21.3. The van der Waals surface area contributed by atoms with Crippen LogP contribution in [0.15, 0.2) is 0 Å². The Morgan fingerprint density at radius 2 is 2.20 bits per heavy atom. The summed E-state index contributed by atoms with van der Waals surface area (Å²) in [5.74, 6) is 0.171. The molecule has 15 heavy (non-hydrogen) atoms. The van der Waals surface area contributed by atoms with Gasteiger partial charge in [0.25, 0.3) is 0 Å². The van der Waals surface area contributed by atoms with Gasteiger partial charge in [-0.3, -0.25) is 9.59 Å². The van der Waals surface area contributed by atoms with Gasteiger partial charge < -0.3 is 9.80 Å². The monoisotopic (exact) mass is 276 g/mol. The highest BCUT2D eigenvalue weighted by atomic mass is 79.9. The molecule has 0 aliphatic carbocycles. The van der Waals surface area contributed by atoms with Crippen LogP contribution in [0.3, 0.4) is 0 Å². The standard InChI is InChI=1S/C10H17BrN2O2/c1-8(14)13-5-3-4-9(7-13)12(2)10(15)6-11/h9H,3-7H2,1-2H3/t9-/m0/s1. The van der Waals surface area contributed by atoms with Gasteiger partial charge in [-0.15, -0.1) is 0 Å². The number of amides is 2.